The number of anilines is 1. The fraction of sp³-hybridized carbons (Fsp3) is 0.273. The van der Waals surface area contributed by atoms with Crippen LogP contribution < -0.4 is 14.8 Å². The van der Waals surface area contributed by atoms with E-state index in [-0.39, 0.29) is 11.8 Å². The van der Waals surface area contributed by atoms with Crippen LogP contribution in [0.5, 0.6) is 11.5 Å². The molecule has 1 saturated heterocycles. The number of hydrogen-bond donors (Lipinski definition) is 1. The highest BCUT2D eigenvalue weighted by Gasteiger charge is 2.35. The Labute approximate surface area is 194 Å². The van der Waals surface area contributed by atoms with Crippen LogP contribution in [0.1, 0.15) is 23.2 Å². The molecule has 32 heavy (non-hydrogen) atoms. The summed E-state index contributed by atoms with van der Waals surface area (Å²) in [5.74, 6) is 0.474. The van der Waals surface area contributed by atoms with Crippen molar-refractivity contribution >= 4 is 39.9 Å². The lowest BCUT2D eigenvalue weighted by atomic mass is 10.1. The first-order chi connectivity index (χ1) is 15.5. The van der Waals surface area contributed by atoms with Crippen LogP contribution in [0.3, 0.4) is 0 Å². The first-order valence-electron chi connectivity index (χ1n) is 9.93. The molecule has 1 unspecified atom stereocenters. The zero-order chi connectivity index (χ0) is 22.7. The fourth-order valence-corrected chi connectivity index (χ4v) is 4.51. The molecule has 166 valence electrons. The summed E-state index contributed by atoms with van der Waals surface area (Å²) < 4.78 is 10.5. The van der Waals surface area contributed by atoms with E-state index in [9.17, 15) is 9.59 Å². The van der Waals surface area contributed by atoms with Gasteiger partial charge in [0.25, 0.3) is 5.91 Å². The van der Waals surface area contributed by atoms with Crippen LogP contribution in [0.2, 0.25) is 5.02 Å². The molecule has 0 bridgehead atoms. The molecule has 2 heterocycles. The zero-order valence-corrected chi connectivity index (χ0v) is 19.1. The van der Waals surface area contributed by atoms with E-state index in [1.807, 2.05) is 12.1 Å². The third kappa shape index (κ3) is 4.68. The van der Waals surface area contributed by atoms with Crippen molar-refractivity contribution < 1.29 is 19.1 Å². The van der Waals surface area contributed by atoms with Crippen molar-refractivity contribution in [3.8, 4) is 22.1 Å². The maximum absolute atomic E-state index is 13.2. The van der Waals surface area contributed by atoms with Gasteiger partial charge in [0.15, 0.2) is 0 Å². The van der Waals surface area contributed by atoms with E-state index in [1.54, 1.807) is 35.2 Å². The minimum Gasteiger partial charge on any atom is -0.497 e. The number of carbonyl (C=O) groups excluding carboxylic acids is 2. The Morgan fingerprint density at radius 2 is 1.88 bits per heavy atom. The highest BCUT2D eigenvalue weighted by molar-refractivity contribution is 7.18. The number of rotatable bonds is 6. The number of nitrogens with one attached hydrogen (secondary N) is 1. The number of ether oxygens (including phenoxy) is 2. The van der Waals surface area contributed by atoms with Gasteiger partial charge in [-0.25, -0.2) is 0 Å². The number of benzene rings is 2. The third-order valence-corrected chi connectivity index (χ3v) is 6.26. The summed E-state index contributed by atoms with van der Waals surface area (Å²) in [5.41, 5.74) is 1.22. The van der Waals surface area contributed by atoms with E-state index in [2.05, 4.69) is 15.5 Å². The van der Waals surface area contributed by atoms with Crippen molar-refractivity contribution in [2.45, 2.75) is 18.9 Å². The molecule has 0 spiro atoms. The molecule has 2 amide bonds. The molecular weight excluding hydrogens is 452 g/mol. The van der Waals surface area contributed by atoms with Gasteiger partial charge >= 0.3 is 0 Å². The highest BCUT2D eigenvalue weighted by atomic mass is 35.5. The normalized spacial score (nSPS) is 15.5. The number of likely N-dealkylation sites (tertiary alicyclic amines) is 1. The van der Waals surface area contributed by atoms with Gasteiger partial charge in [0.1, 0.15) is 22.5 Å². The second-order valence-corrected chi connectivity index (χ2v) is 8.58. The number of halogens is 1. The smallest absolute Gasteiger partial charge is 0.254 e. The number of amides is 2. The Morgan fingerprint density at radius 3 is 2.56 bits per heavy atom. The lowest BCUT2D eigenvalue weighted by Gasteiger charge is -2.24. The Bertz CT molecular complexity index is 1130. The number of nitrogens with zero attached hydrogens (tertiary/aromatic N) is 3. The minimum atomic E-state index is -0.599. The van der Waals surface area contributed by atoms with Gasteiger partial charge in [0.05, 0.1) is 14.2 Å². The Hall–Kier alpha value is -3.17. The van der Waals surface area contributed by atoms with E-state index in [1.165, 1.54) is 25.6 Å². The number of methoxy groups -OCH3 is 2. The molecule has 1 fully saturated rings. The summed E-state index contributed by atoms with van der Waals surface area (Å²) in [6, 6.07) is 11.6. The molecular formula is C22H21ClN4O4S. The molecule has 0 saturated carbocycles. The van der Waals surface area contributed by atoms with Gasteiger partial charge in [-0.15, -0.1) is 10.2 Å². The molecule has 4 rings (SSSR count). The lowest BCUT2D eigenvalue weighted by molar-refractivity contribution is -0.119. The second-order valence-electron chi connectivity index (χ2n) is 7.17. The molecule has 3 aromatic rings. The summed E-state index contributed by atoms with van der Waals surface area (Å²) in [4.78, 5) is 27.7. The number of hydrogen-bond acceptors (Lipinski definition) is 7. The van der Waals surface area contributed by atoms with Crippen LogP contribution in [-0.2, 0) is 4.79 Å². The predicted octanol–water partition coefficient (Wildman–Crippen LogP) is 4.12. The summed E-state index contributed by atoms with van der Waals surface area (Å²) in [6.07, 6.45) is 1.30. The lowest BCUT2D eigenvalue weighted by Crippen LogP contribution is -2.43. The summed E-state index contributed by atoms with van der Waals surface area (Å²) in [5, 5.41) is 12.6. The van der Waals surface area contributed by atoms with Gasteiger partial charge in [0.2, 0.25) is 11.0 Å². The zero-order valence-electron chi connectivity index (χ0n) is 17.5. The molecule has 8 nitrogen and oxygen atoms in total. The van der Waals surface area contributed by atoms with Crippen molar-refractivity contribution in [2.24, 2.45) is 0 Å². The highest BCUT2D eigenvalue weighted by Crippen LogP contribution is 2.30. The van der Waals surface area contributed by atoms with E-state index < -0.39 is 6.04 Å². The molecule has 1 atom stereocenters. The van der Waals surface area contributed by atoms with Crippen LogP contribution in [-0.4, -0.2) is 53.7 Å². The standard InChI is InChI=1S/C22H21ClN4O4S/c1-30-16-10-14(11-17(12-16)31-2)21(29)27-8-4-7-18(27)19(28)24-22-26-25-20(32-22)13-5-3-6-15(23)9-13/h3,5-6,9-12,18H,4,7-8H2,1-2H3,(H,24,26,28). The fourth-order valence-electron chi connectivity index (χ4n) is 3.58. The molecule has 1 N–H and O–H groups in total. The summed E-state index contributed by atoms with van der Waals surface area (Å²) in [6.45, 7) is 0.486. The summed E-state index contributed by atoms with van der Waals surface area (Å²) in [7, 11) is 3.05. The molecule has 0 radical (unpaired) electrons. The molecule has 10 heteroatoms. The first-order valence-corrected chi connectivity index (χ1v) is 11.1. The van der Waals surface area contributed by atoms with Gasteiger partial charge in [-0.05, 0) is 37.1 Å². The third-order valence-electron chi connectivity index (χ3n) is 5.14. The Balaban J connectivity index is 1.49. The van der Waals surface area contributed by atoms with Gasteiger partial charge in [-0.3, -0.25) is 14.9 Å². The van der Waals surface area contributed by atoms with Crippen molar-refractivity contribution in [2.75, 3.05) is 26.1 Å². The van der Waals surface area contributed by atoms with E-state index in [4.69, 9.17) is 21.1 Å². The van der Waals surface area contributed by atoms with E-state index in [0.717, 1.165) is 12.0 Å². The van der Waals surface area contributed by atoms with Crippen molar-refractivity contribution in [3.63, 3.8) is 0 Å². The van der Waals surface area contributed by atoms with Crippen molar-refractivity contribution in [3.05, 3.63) is 53.1 Å². The van der Waals surface area contributed by atoms with Gasteiger partial charge in [-0.1, -0.05) is 35.1 Å². The van der Waals surface area contributed by atoms with Crippen LogP contribution in [0.15, 0.2) is 42.5 Å². The molecule has 1 aliphatic heterocycles. The average molecular weight is 473 g/mol. The molecule has 0 aliphatic carbocycles. The maximum atomic E-state index is 13.2. The second kappa shape index (κ2) is 9.54. The molecule has 1 aromatic heterocycles. The van der Waals surface area contributed by atoms with Crippen molar-refractivity contribution in [1.82, 2.24) is 15.1 Å². The molecule has 2 aromatic carbocycles. The van der Waals surface area contributed by atoms with Crippen LogP contribution in [0.25, 0.3) is 10.6 Å². The summed E-state index contributed by atoms with van der Waals surface area (Å²) >= 11 is 7.29. The van der Waals surface area contributed by atoms with E-state index in [0.29, 0.717) is 45.2 Å². The van der Waals surface area contributed by atoms with Gasteiger partial charge in [-0.2, -0.15) is 0 Å². The van der Waals surface area contributed by atoms with Crippen LogP contribution in [0.4, 0.5) is 5.13 Å². The van der Waals surface area contributed by atoms with Crippen LogP contribution >= 0.6 is 22.9 Å². The quantitative estimate of drug-likeness (QED) is 0.580. The van der Waals surface area contributed by atoms with Crippen LogP contribution in [0, 0.1) is 0 Å². The number of carbonyl (C=O) groups is 2. The maximum Gasteiger partial charge on any atom is 0.254 e. The van der Waals surface area contributed by atoms with Gasteiger partial charge < -0.3 is 14.4 Å². The predicted molar refractivity (Wildman–Crippen MR) is 123 cm³/mol. The Kier molecular flexibility index (Phi) is 6.57. The SMILES string of the molecule is COc1cc(OC)cc(C(=O)N2CCCC2C(=O)Nc2nnc(-c3cccc(Cl)c3)s2)c1. The monoisotopic (exact) mass is 472 g/mol. The first kappa shape index (κ1) is 22.0. The number of aromatic nitrogens is 2. The molecule has 1 aliphatic rings. The average Bonchev–Trinajstić information content (AvgIpc) is 3.48. The van der Waals surface area contributed by atoms with E-state index >= 15 is 0 Å². The topological polar surface area (TPSA) is 93.7 Å². The van der Waals surface area contributed by atoms with Crippen molar-refractivity contribution in [1.29, 1.82) is 0 Å². The minimum absolute atomic E-state index is 0.253. The van der Waals surface area contributed by atoms with Gasteiger partial charge in [0, 0.05) is 28.8 Å². The Morgan fingerprint density at radius 1 is 1.12 bits per heavy atom. The largest absolute Gasteiger partial charge is 0.497 e.